The smallest absolute Gasteiger partial charge is 0.408 e. The molecule has 9 nitrogen and oxygen atoms in total. The van der Waals surface area contributed by atoms with Crippen molar-refractivity contribution >= 4 is 35.5 Å². The molecular weight excluding hydrogens is 356 g/mol. The second-order valence-electron chi connectivity index (χ2n) is 4.69. The van der Waals surface area contributed by atoms with Crippen molar-refractivity contribution in [3.8, 4) is 0 Å². The van der Waals surface area contributed by atoms with Crippen LogP contribution in [0.5, 0.6) is 0 Å². The number of esters is 1. The number of hydrogen-bond acceptors (Lipinski definition) is 6. The van der Waals surface area contributed by atoms with E-state index in [2.05, 4.69) is 10.6 Å². The monoisotopic (exact) mass is 372 g/mol. The molecule has 0 saturated heterocycles. The van der Waals surface area contributed by atoms with Crippen LogP contribution in [0, 0.1) is 0 Å². The quantitative estimate of drug-likeness (QED) is 0.418. The van der Waals surface area contributed by atoms with Crippen molar-refractivity contribution in [3.05, 3.63) is 35.9 Å². The topological polar surface area (TPSA) is 131 Å². The second kappa shape index (κ2) is 10.9. The predicted octanol–water partition coefficient (Wildman–Crippen LogP) is 0.264. The summed E-state index contributed by atoms with van der Waals surface area (Å²) < 4.78 is 9.65. The summed E-state index contributed by atoms with van der Waals surface area (Å²) in [6, 6.07) is 7.50. The molecule has 1 aromatic rings. The van der Waals surface area contributed by atoms with Crippen molar-refractivity contribution < 1.29 is 33.8 Å². The van der Waals surface area contributed by atoms with Gasteiger partial charge in [-0.3, -0.25) is 14.4 Å². The summed E-state index contributed by atoms with van der Waals surface area (Å²) in [6.07, 6.45) is -0.929. The van der Waals surface area contributed by atoms with E-state index in [1.807, 2.05) is 0 Å². The summed E-state index contributed by atoms with van der Waals surface area (Å²) in [4.78, 5) is 45.2. The van der Waals surface area contributed by atoms with Gasteiger partial charge in [0.25, 0.3) is 0 Å². The van der Waals surface area contributed by atoms with E-state index in [4.69, 9.17) is 26.2 Å². The first kappa shape index (κ1) is 20.2. The van der Waals surface area contributed by atoms with Crippen LogP contribution in [0.15, 0.2) is 30.3 Å². The summed E-state index contributed by atoms with van der Waals surface area (Å²) >= 11 is 5.28. The lowest BCUT2D eigenvalue weighted by Gasteiger charge is -2.17. The highest BCUT2D eigenvalue weighted by atomic mass is 35.5. The molecule has 0 radical (unpaired) electrons. The molecule has 3 N–H and O–H groups in total. The van der Waals surface area contributed by atoms with Gasteiger partial charge in [0.1, 0.15) is 31.7 Å². The molecule has 0 aliphatic heterocycles. The van der Waals surface area contributed by atoms with Crippen LogP contribution in [0.4, 0.5) is 4.79 Å². The van der Waals surface area contributed by atoms with E-state index in [0.717, 1.165) is 5.56 Å². The molecule has 1 aromatic carbocycles. The van der Waals surface area contributed by atoms with Gasteiger partial charge in [0.05, 0.1) is 0 Å². The number of amides is 2. The highest BCUT2D eigenvalue weighted by Crippen LogP contribution is 2.01. The molecule has 1 unspecified atom stereocenters. The first-order valence-electron chi connectivity index (χ1n) is 7.10. The minimum Gasteiger partial charge on any atom is -0.480 e. The van der Waals surface area contributed by atoms with Crippen LogP contribution >= 0.6 is 11.6 Å². The van der Waals surface area contributed by atoms with Gasteiger partial charge in [-0.15, -0.1) is 11.6 Å². The van der Waals surface area contributed by atoms with Crippen molar-refractivity contribution in [3.63, 3.8) is 0 Å². The number of hydrogen-bond donors (Lipinski definition) is 3. The number of carbonyl (C=O) groups excluding carboxylic acids is 3. The SMILES string of the molecule is O=C(O)CNC(=O)C(COC(=O)CCl)NC(=O)OCc1ccccc1. The summed E-state index contributed by atoms with van der Waals surface area (Å²) in [5.41, 5.74) is 0.734. The molecule has 0 spiro atoms. The lowest BCUT2D eigenvalue weighted by Crippen LogP contribution is -2.50. The number of alkyl halides is 1. The van der Waals surface area contributed by atoms with Crippen LogP contribution in [-0.2, 0) is 30.5 Å². The molecule has 0 saturated carbocycles. The molecule has 1 atom stereocenters. The minimum atomic E-state index is -1.32. The lowest BCUT2D eigenvalue weighted by atomic mass is 10.2. The number of rotatable bonds is 9. The fourth-order valence-corrected chi connectivity index (χ4v) is 1.67. The third-order valence-electron chi connectivity index (χ3n) is 2.76. The molecule has 0 bridgehead atoms. The predicted molar refractivity (Wildman–Crippen MR) is 85.9 cm³/mol. The molecule has 1 rings (SSSR count). The molecule has 0 aromatic heterocycles. The van der Waals surface area contributed by atoms with Gasteiger partial charge in [-0.2, -0.15) is 0 Å². The molecule has 25 heavy (non-hydrogen) atoms. The number of benzene rings is 1. The fraction of sp³-hybridized carbons (Fsp3) is 0.333. The summed E-state index contributed by atoms with van der Waals surface area (Å²) in [7, 11) is 0. The van der Waals surface area contributed by atoms with E-state index in [0.29, 0.717) is 0 Å². The molecular formula is C15H17ClN2O7. The Morgan fingerprint density at radius 2 is 1.80 bits per heavy atom. The first-order valence-corrected chi connectivity index (χ1v) is 7.64. The van der Waals surface area contributed by atoms with Crippen molar-refractivity contribution in [1.29, 1.82) is 0 Å². The average Bonchev–Trinajstić information content (AvgIpc) is 2.61. The Balaban J connectivity index is 2.57. The lowest BCUT2D eigenvalue weighted by molar-refractivity contribution is -0.143. The zero-order valence-corrected chi connectivity index (χ0v) is 13.8. The van der Waals surface area contributed by atoms with E-state index in [-0.39, 0.29) is 6.61 Å². The number of halogens is 1. The van der Waals surface area contributed by atoms with E-state index < -0.39 is 49.0 Å². The number of carboxylic acids is 1. The number of carbonyl (C=O) groups is 4. The number of ether oxygens (including phenoxy) is 2. The Morgan fingerprint density at radius 1 is 1.12 bits per heavy atom. The normalized spacial score (nSPS) is 11.1. The third-order valence-corrected chi connectivity index (χ3v) is 2.97. The van der Waals surface area contributed by atoms with Crippen molar-refractivity contribution in [2.45, 2.75) is 12.6 Å². The Hall–Kier alpha value is -2.81. The van der Waals surface area contributed by atoms with Gasteiger partial charge in [0.2, 0.25) is 5.91 Å². The van der Waals surface area contributed by atoms with Crippen molar-refractivity contribution in [2.24, 2.45) is 0 Å². The van der Waals surface area contributed by atoms with E-state index >= 15 is 0 Å². The zero-order chi connectivity index (χ0) is 18.7. The number of alkyl carbamates (subject to hydrolysis) is 1. The number of aliphatic carboxylic acids is 1. The minimum absolute atomic E-state index is 0.0302. The summed E-state index contributed by atoms with van der Waals surface area (Å²) in [5.74, 6) is -3.34. The maximum Gasteiger partial charge on any atom is 0.408 e. The van der Waals surface area contributed by atoms with E-state index in [1.165, 1.54) is 0 Å². The summed E-state index contributed by atoms with van der Waals surface area (Å²) in [5, 5.41) is 12.8. The summed E-state index contributed by atoms with van der Waals surface area (Å²) in [6.45, 7) is -1.20. The number of nitrogens with one attached hydrogen (secondary N) is 2. The molecule has 2 amide bonds. The Kier molecular flexibility index (Phi) is 8.80. The van der Waals surface area contributed by atoms with Crippen LogP contribution in [0.2, 0.25) is 0 Å². The fourth-order valence-electron chi connectivity index (χ4n) is 1.59. The van der Waals surface area contributed by atoms with Crippen LogP contribution in [0.3, 0.4) is 0 Å². The van der Waals surface area contributed by atoms with Crippen LogP contribution < -0.4 is 10.6 Å². The highest BCUT2D eigenvalue weighted by Gasteiger charge is 2.23. The molecule has 0 aliphatic rings. The van der Waals surface area contributed by atoms with Gasteiger partial charge in [0.15, 0.2) is 0 Å². The molecule has 10 heteroatoms. The highest BCUT2D eigenvalue weighted by molar-refractivity contribution is 6.26. The Morgan fingerprint density at radius 3 is 2.40 bits per heavy atom. The first-order chi connectivity index (χ1) is 11.9. The van der Waals surface area contributed by atoms with Gasteiger partial charge in [0, 0.05) is 0 Å². The standard InChI is InChI=1S/C15H17ClN2O7/c16-6-13(21)24-9-11(14(22)17-7-12(19)20)18-15(23)25-8-10-4-2-1-3-5-10/h1-5,11H,6-9H2,(H,17,22)(H,18,23)(H,19,20). The number of carboxylic acid groups (broad SMARTS) is 1. The van der Waals surface area contributed by atoms with Crippen molar-refractivity contribution in [1.82, 2.24) is 10.6 Å². The van der Waals surface area contributed by atoms with Crippen LogP contribution in [-0.4, -0.2) is 54.1 Å². The third kappa shape index (κ3) is 8.56. The molecule has 0 heterocycles. The van der Waals surface area contributed by atoms with E-state index in [9.17, 15) is 19.2 Å². The van der Waals surface area contributed by atoms with Gasteiger partial charge in [-0.1, -0.05) is 30.3 Å². The van der Waals surface area contributed by atoms with Crippen molar-refractivity contribution in [2.75, 3.05) is 19.0 Å². The Labute approximate surface area is 148 Å². The maximum atomic E-state index is 11.9. The second-order valence-corrected chi connectivity index (χ2v) is 4.95. The molecule has 136 valence electrons. The molecule has 0 fully saturated rings. The van der Waals surface area contributed by atoms with Crippen LogP contribution in [0.1, 0.15) is 5.56 Å². The van der Waals surface area contributed by atoms with Crippen LogP contribution in [0.25, 0.3) is 0 Å². The van der Waals surface area contributed by atoms with Gasteiger partial charge in [-0.25, -0.2) is 4.79 Å². The Bertz CT molecular complexity index is 609. The average molecular weight is 373 g/mol. The zero-order valence-electron chi connectivity index (χ0n) is 13.1. The largest absolute Gasteiger partial charge is 0.480 e. The molecule has 0 aliphatic carbocycles. The van der Waals surface area contributed by atoms with E-state index in [1.54, 1.807) is 30.3 Å². The van der Waals surface area contributed by atoms with Gasteiger partial charge in [-0.05, 0) is 5.56 Å². The van der Waals surface area contributed by atoms with Gasteiger partial charge < -0.3 is 25.2 Å². The van der Waals surface area contributed by atoms with Gasteiger partial charge >= 0.3 is 18.0 Å². The maximum absolute atomic E-state index is 11.9.